The zero-order valence-corrected chi connectivity index (χ0v) is 10.2. The lowest BCUT2D eigenvalue weighted by atomic mass is 10.1. The number of carbonyl (C=O) groups is 4. The van der Waals surface area contributed by atoms with Crippen LogP contribution in [0.5, 0.6) is 0 Å². The average molecular weight is 276 g/mol. The standard InChI is InChI=1S/C9H12N2O8/c1-9(2)5(14)10(7(16)18-3-12)6(15)11(9)8(17)19-4-13/h12-13H,3-4H2,1-2H3. The second-order valence-electron chi connectivity index (χ2n) is 3.90. The highest BCUT2D eigenvalue weighted by molar-refractivity contribution is 6.20. The van der Waals surface area contributed by atoms with Gasteiger partial charge in [-0.05, 0) is 13.8 Å². The van der Waals surface area contributed by atoms with Crippen LogP contribution in [0.4, 0.5) is 14.4 Å². The van der Waals surface area contributed by atoms with Gasteiger partial charge in [0.05, 0.1) is 0 Å². The van der Waals surface area contributed by atoms with Gasteiger partial charge in [-0.2, -0.15) is 4.90 Å². The van der Waals surface area contributed by atoms with E-state index in [0.717, 1.165) is 0 Å². The van der Waals surface area contributed by atoms with Crippen LogP contribution in [-0.4, -0.2) is 63.3 Å². The second kappa shape index (κ2) is 5.20. The Kier molecular flexibility index (Phi) is 4.07. The molecule has 0 spiro atoms. The van der Waals surface area contributed by atoms with Crippen molar-refractivity contribution < 1.29 is 38.9 Å². The Bertz CT molecular complexity index is 432. The normalized spacial score (nSPS) is 17.7. The van der Waals surface area contributed by atoms with Crippen molar-refractivity contribution in [3.8, 4) is 0 Å². The molecule has 106 valence electrons. The molecule has 0 aromatic carbocycles. The molecule has 10 nitrogen and oxygen atoms in total. The lowest BCUT2D eigenvalue weighted by molar-refractivity contribution is -0.131. The van der Waals surface area contributed by atoms with Gasteiger partial charge in [0.2, 0.25) is 0 Å². The third-order valence-corrected chi connectivity index (χ3v) is 2.41. The van der Waals surface area contributed by atoms with Crippen LogP contribution in [0.3, 0.4) is 0 Å². The molecule has 0 radical (unpaired) electrons. The minimum absolute atomic E-state index is 0.0643. The van der Waals surface area contributed by atoms with Crippen LogP contribution in [0.25, 0.3) is 0 Å². The summed E-state index contributed by atoms with van der Waals surface area (Å²) in [5.41, 5.74) is -1.68. The van der Waals surface area contributed by atoms with Crippen LogP contribution in [0, 0.1) is 0 Å². The number of carbonyl (C=O) groups excluding carboxylic acids is 4. The number of amides is 5. The van der Waals surface area contributed by atoms with Crippen molar-refractivity contribution in [3.63, 3.8) is 0 Å². The van der Waals surface area contributed by atoms with Gasteiger partial charge >= 0.3 is 18.2 Å². The van der Waals surface area contributed by atoms with Crippen molar-refractivity contribution in [3.05, 3.63) is 0 Å². The number of aliphatic hydroxyl groups excluding tert-OH is 2. The SMILES string of the molecule is CC1(C)C(=O)N(C(=O)OCO)C(=O)N1C(=O)OCO. The van der Waals surface area contributed by atoms with Crippen LogP contribution in [-0.2, 0) is 14.3 Å². The van der Waals surface area contributed by atoms with E-state index in [2.05, 4.69) is 9.47 Å². The molecule has 0 saturated carbocycles. The molecule has 0 atom stereocenters. The summed E-state index contributed by atoms with van der Waals surface area (Å²) in [6, 6.07) is -1.29. The van der Waals surface area contributed by atoms with Gasteiger partial charge in [-0.25, -0.2) is 19.3 Å². The minimum Gasteiger partial charge on any atom is -0.422 e. The molecule has 1 fully saturated rings. The third-order valence-electron chi connectivity index (χ3n) is 2.41. The zero-order chi connectivity index (χ0) is 14.8. The first kappa shape index (κ1) is 14.9. The van der Waals surface area contributed by atoms with E-state index in [-0.39, 0.29) is 4.90 Å². The molecule has 0 aliphatic carbocycles. The molecule has 1 aliphatic rings. The fourth-order valence-electron chi connectivity index (χ4n) is 1.50. The summed E-state index contributed by atoms with van der Waals surface area (Å²) >= 11 is 0. The Hall–Kier alpha value is -2.20. The van der Waals surface area contributed by atoms with Gasteiger partial charge in [0, 0.05) is 0 Å². The van der Waals surface area contributed by atoms with Gasteiger partial charge in [-0.1, -0.05) is 0 Å². The maximum Gasteiger partial charge on any atom is 0.427 e. The largest absolute Gasteiger partial charge is 0.427 e. The van der Waals surface area contributed by atoms with Gasteiger partial charge in [0.1, 0.15) is 5.54 Å². The fraction of sp³-hybridized carbons (Fsp3) is 0.556. The number of urea groups is 1. The summed E-state index contributed by atoms with van der Waals surface area (Å²) in [5, 5.41) is 16.9. The van der Waals surface area contributed by atoms with Crippen LogP contribution >= 0.6 is 0 Å². The molecule has 1 heterocycles. The van der Waals surface area contributed by atoms with Gasteiger partial charge in [0.15, 0.2) is 13.6 Å². The predicted molar refractivity (Wildman–Crippen MR) is 55.3 cm³/mol. The number of rotatable bonds is 2. The summed E-state index contributed by atoms with van der Waals surface area (Å²) in [4.78, 5) is 47.0. The molecular formula is C9H12N2O8. The first-order valence-corrected chi connectivity index (χ1v) is 5.03. The predicted octanol–water partition coefficient (Wildman–Crippen LogP) is -0.798. The molecule has 1 rings (SSSR count). The van der Waals surface area contributed by atoms with E-state index in [0.29, 0.717) is 4.90 Å². The van der Waals surface area contributed by atoms with Gasteiger partial charge in [0.25, 0.3) is 5.91 Å². The van der Waals surface area contributed by atoms with Crippen molar-refractivity contribution >= 4 is 24.1 Å². The van der Waals surface area contributed by atoms with E-state index in [1.807, 2.05) is 0 Å². The van der Waals surface area contributed by atoms with Crippen molar-refractivity contribution in [2.75, 3.05) is 13.6 Å². The van der Waals surface area contributed by atoms with Crippen molar-refractivity contribution in [1.82, 2.24) is 9.80 Å². The summed E-state index contributed by atoms with van der Waals surface area (Å²) in [7, 11) is 0. The molecule has 0 bridgehead atoms. The van der Waals surface area contributed by atoms with E-state index in [1.54, 1.807) is 0 Å². The molecule has 0 aromatic rings. The Morgan fingerprint density at radius 2 is 1.58 bits per heavy atom. The maximum atomic E-state index is 11.9. The molecule has 1 saturated heterocycles. The van der Waals surface area contributed by atoms with Gasteiger partial charge < -0.3 is 19.7 Å². The molecule has 19 heavy (non-hydrogen) atoms. The topological polar surface area (TPSA) is 134 Å². The first-order valence-electron chi connectivity index (χ1n) is 5.03. The van der Waals surface area contributed by atoms with E-state index in [9.17, 15) is 19.2 Å². The van der Waals surface area contributed by atoms with Crippen LogP contribution in [0.2, 0.25) is 0 Å². The Morgan fingerprint density at radius 1 is 1.11 bits per heavy atom. The smallest absolute Gasteiger partial charge is 0.422 e. The van der Waals surface area contributed by atoms with Crippen LogP contribution < -0.4 is 0 Å². The number of hydrogen-bond donors (Lipinski definition) is 2. The van der Waals surface area contributed by atoms with Crippen LogP contribution in [0.1, 0.15) is 13.8 Å². The molecular weight excluding hydrogens is 264 g/mol. The minimum atomic E-state index is -1.68. The van der Waals surface area contributed by atoms with E-state index in [4.69, 9.17) is 10.2 Å². The van der Waals surface area contributed by atoms with E-state index >= 15 is 0 Å². The van der Waals surface area contributed by atoms with Crippen molar-refractivity contribution in [1.29, 1.82) is 0 Å². The third kappa shape index (κ3) is 2.35. The quantitative estimate of drug-likeness (QED) is 0.494. The molecule has 0 unspecified atom stereocenters. The zero-order valence-electron chi connectivity index (χ0n) is 10.2. The summed E-state index contributed by atoms with van der Waals surface area (Å²) in [6.07, 6.45) is -2.70. The highest BCUT2D eigenvalue weighted by atomic mass is 16.6. The number of imide groups is 4. The van der Waals surface area contributed by atoms with E-state index < -0.39 is 43.2 Å². The summed E-state index contributed by atoms with van der Waals surface area (Å²) < 4.78 is 8.33. The monoisotopic (exact) mass is 276 g/mol. The van der Waals surface area contributed by atoms with Gasteiger partial charge in [-0.15, -0.1) is 0 Å². The molecule has 5 amide bonds. The lowest BCUT2D eigenvalue weighted by Gasteiger charge is -2.24. The maximum absolute atomic E-state index is 11.9. The highest BCUT2D eigenvalue weighted by Gasteiger charge is 2.58. The summed E-state index contributed by atoms with van der Waals surface area (Å²) in [6.45, 7) is 0.390. The summed E-state index contributed by atoms with van der Waals surface area (Å²) in [5.74, 6) is -1.02. The Labute approximate surface area is 107 Å². The Morgan fingerprint density at radius 3 is 2.05 bits per heavy atom. The highest BCUT2D eigenvalue weighted by Crippen LogP contribution is 2.28. The van der Waals surface area contributed by atoms with Crippen molar-refractivity contribution in [2.24, 2.45) is 0 Å². The van der Waals surface area contributed by atoms with Crippen molar-refractivity contribution in [2.45, 2.75) is 19.4 Å². The number of ether oxygens (including phenoxy) is 2. The average Bonchev–Trinajstić information content (AvgIpc) is 2.46. The molecule has 10 heteroatoms. The molecule has 0 aromatic heterocycles. The fourth-order valence-corrected chi connectivity index (χ4v) is 1.50. The molecule has 1 aliphatic heterocycles. The first-order chi connectivity index (χ1) is 8.78. The number of aliphatic hydroxyl groups is 2. The van der Waals surface area contributed by atoms with Crippen LogP contribution in [0.15, 0.2) is 0 Å². The molecule has 2 N–H and O–H groups in total. The number of hydrogen-bond acceptors (Lipinski definition) is 8. The number of nitrogens with zero attached hydrogens (tertiary/aromatic N) is 2. The second-order valence-corrected chi connectivity index (χ2v) is 3.90. The van der Waals surface area contributed by atoms with E-state index in [1.165, 1.54) is 13.8 Å². The Balaban J connectivity index is 3.09. The van der Waals surface area contributed by atoms with Gasteiger partial charge in [-0.3, -0.25) is 4.79 Å². The lowest BCUT2D eigenvalue weighted by Crippen LogP contribution is -2.48.